The van der Waals surface area contributed by atoms with Gasteiger partial charge in [0.25, 0.3) is 0 Å². The number of carboxylic acid groups (broad SMARTS) is 1. The van der Waals surface area contributed by atoms with Crippen LogP contribution in [0.3, 0.4) is 0 Å². The Morgan fingerprint density at radius 2 is 1.81 bits per heavy atom. The quantitative estimate of drug-likeness (QED) is 0.549. The Morgan fingerprint density at radius 1 is 1.19 bits per heavy atom. The van der Waals surface area contributed by atoms with Gasteiger partial charge in [0, 0.05) is 12.6 Å². The predicted molar refractivity (Wildman–Crippen MR) is 57.1 cm³/mol. The molecule has 0 aromatic rings. The molecule has 0 aliphatic heterocycles. The van der Waals surface area contributed by atoms with Crippen molar-refractivity contribution in [1.29, 1.82) is 0 Å². The Balaban J connectivity index is 2.11. The zero-order valence-corrected chi connectivity index (χ0v) is 9.11. The monoisotopic (exact) mass is 230 g/mol. The fraction of sp³-hybridized carbons (Fsp3) is 0.800. The number of aliphatic hydroxyl groups excluding tert-OH is 1. The largest absolute Gasteiger partial charge is 0.481 e. The van der Waals surface area contributed by atoms with Crippen LogP contribution in [0.25, 0.3) is 0 Å². The molecule has 0 unspecified atom stereocenters. The highest BCUT2D eigenvalue weighted by Crippen LogP contribution is 2.17. The number of aliphatic carboxylic acids is 1. The second kappa shape index (κ2) is 6.32. The molecule has 1 aliphatic carbocycles. The van der Waals surface area contributed by atoms with Crippen molar-refractivity contribution in [3.05, 3.63) is 0 Å². The number of carboxylic acids is 1. The Hall–Kier alpha value is -1.30. The van der Waals surface area contributed by atoms with E-state index in [2.05, 4.69) is 10.6 Å². The first-order valence-corrected chi connectivity index (χ1v) is 5.52. The molecule has 1 saturated carbocycles. The molecule has 6 heteroatoms. The molecule has 6 nitrogen and oxygen atoms in total. The first-order chi connectivity index (χ1) is 7.58. The molecule has 1 rings (SSSR count). The fourth-order valence-electron chi connectivity index (χ4n) is 1.74. The van der Waals surface area contributed by atoms with Crippen molar-refractivity contribution in [3.8, 4) is 0 Å². The van der Waals surface area contributed by atoms with Gasteiger partial charge >= 0.3 is 12.0 Å². The molecule has 1 aliphatic rings. The van der Waals surface area contributed by atoms with Crippen molar-refractivity contribution >= 4 is 12.0 Å². The number of amides is 2. The van der Waals surface area contributed by atoms with Gasteiger partial charge in [0.2, 0.25) is 0 Å². The molecular weight excluding hydrogens is 212 g/mol. The van der Waals surface area contributed by atoms with Crippen LogP contribution < -0.4 is 10.6 Å². The lowest BCUT2D eigenvalue weighted by Crippen LogP contribution is -2.44. The summed E-state index contributed by atoms with van der Waals surface area (Å²) in [5, 5.41) is 22.9. The van der Waals surface area contributed by atoms with Crippen LogP contribution in [0.1, 0.15) is 32.1 Å². The zero-order chi connectivity index (χ0) is 12.0. The van der Waals surface area contributed by atoms with Crippen molar-refractivity contribution in [1.82, 2.24) is 10.6 Å². The van der Waals surface area contributed by atoms with Gasteiger partial charge in [-0.1, -0.05) is 0 Å². The van der Waals surface area contributed by atoms with Crippen LogP contribution in [0.5, 0.6) is 0 Å². The van der Waals surface area contributed by atoms with E-state index in [1.54, 1.807) is 0 Å². The second-order valence-corrected chi connectivity index (χ2v) is 4.05. The summed E-state index contributed by atoms with van der Waals surface area (Å²) in [5.74, 6) is -0.930. The zero-order valence-electron chi connectivity index (χ0n) is 9.11. The molecule has 0 heterocycles. The molecule has 0 aromatic carbocycles. The van der Waals surface area contributed by atoms with Crippen LogP contribution in [-0.4, -0.2) is 40.9 Å². The number of carbonyl (C=O) groups is 2. The summed E-state index contributed by atoms with van der Waals surface area (Å²) in [4.78, 5) is 21.5. The molecule has 0 bridgehead atoms. The lowest BCUT2D eigenvalue weighted by Gasteiger charge is -2.26. The lowest BCUT2D eigenvalue weighted by molar-refractivity contribution is -0.136. The van der Waals surface area contributed by atoms with E-state index in [0.717, 1.165) is 12.8 Å². The third-order valence-electron chi connectivity index (χ3n) is 2.66. The van der Waals surface area contributed by atoms with Crippen LogP contribution in [0.4, 0.5) is 4.79 Å². The SMILES string of the molecule is O=C(O)CCNC(=O)NC1CCC(O)CC1. The van der Waals surface area contributed by atoms with E-state index in [4.69, 9.17) is 5.11 Å². The average Bonchev–Trinajstić information content (AvgIpc) is 2.21. The summed E-state index contributed by atoms with van der Waals surface area (Å²) >= 11 is 0. The molecule has 0 spiro atoms. The third kappa shape index (κ3) is 4.97. The van der Waals surface area contributed by atoms with Crippen molar-refractivity contribution in [2.45, 2.75) is 44.2 Å². The van der Waals surface area contributed by atoms with Gasteiger partial charge in [-0.05, 0) is 25.7 Å². The molecule has 0 radical (unpaired) electrons. The van der Waals surface area contributed by atoms with E-state index in [-0.39, 0.29) is 31.1 Å². The van der Waals surface area contributed by atoms with E-state index in [9.17, 15) is 14.7 Å². The maximum Gasteiger partial charge on any atom is 0.315 e. The standard InChI is InChI=1S/C10H18N2O4/c13-8-3-1-7(2-4-8)12-10(16)11-6-5-9(14)15/h7-8,13H,1-6H2,(H,14,15)(H2,11,12,16). The number of hydrogen-bond acceptors (Lipinski definition) is 3. The molecule has 4 N–H and O–H groups in total. The average molecular weight is 230 g/mol. The van der Waals surface area contributed by atoms with Gasteiger partial charge in [-0.25, -0.2) is 4.79 Å². The second-order valence-electron chi connectivity index (χ2n) is 4.05. The van der Waals surface area contributed by atoms with Crippen LogP contribution in [-0.2, 0) is 4.79 Å². The highest BCUT2D eigenvalue weighted by Gasteiger charge is 2.20. The Kier molecular flexibility index (Phi) is 5.04. The Labute approximate surface area is 94.0 Å². The number of hydrogen-bond donors (Lipinski definition) is 4. The number of aliphatic hydroxyl groups is 1. The highest BCUT2D eigenvalue weighted by atomic mass is 16.4. The van der Waals surface area contributed by atoms with E-state index >= 15 is 0 Å². The van der Waals surface area contributed by atoms with Gasteiger partial charge in [-0.2, -0.15) is 0 Å². The maximum atomic E-state index is 11.3. The predicted octanol–water partition coefficient (Wildman–Crippen LogP) is 0.0638. The van der Waals surface area contributed by atoms with Crippen LogP contribution >= 0.6 is 0 Å². The van der Waals surface area contributed by atoms with Gasteiger partial charge in [0.1, 0.15) is 0 Å². The van der Waals surface area contributed by atoms with Crippen molar-refractivity contribution in [2.24, 2.45) is 0 Å². The van der Waals surface area contributed by atoms with E-state index in [0.29, 0.717) is 12.8 Å². The van der Waals surface area contributed by atoms with Gasteiger partial charge in [-0.3, -0.25) is 4.79 Å². The molecule has 92 valence electrons. The summed E-state index contributed by atoms with van der Waals surface area (Å²) in [6.45, 7) is 0.135. The topological polar surface area (TPSA) is 98.7 Å². The summed E-state index contributed by atoms with van der Waals surface area (Å²) in [7, 11) is 0. The molecule has 16 heavy (non-hydrogen) atoms. The van der Waals surface area contributed by atoms with E-state index in [1.807, 2.05) is 0 Å². The number of urea groups is 1. The summed E-state index contributed by atoms with van der Waals surface area (Å²) in [6.07, 6.45) is 2.64. The Bertz CT molecular complexity index is 249. The van der Waals surface area contributed by atoms with Gasteiger partial charge in [0.05, 0.1) is 12.5 Å². The molecule has 0 aromatic heterocycles. The Morgan fingerprint density at radius 3 is 2.38 bits per heavy atom. The minimum Gasteiger partial charge on any atom is -0.481 e. The molecule has 0 atom stereocenters. The molecule has 2 amide bonds. The fourth-order valence-corrected chi connectivity index (χ4v) is 1.74. The van der Waals surface area contributed by atoms with Crippen LogP contribution in [0.15, 0.2) is 0 Å². The van der Waals surface area contributed by atoms with Crippen molar-refractivity contribution in [3.63, 3.8) is 0 Å². The van der Waals surface area contributed by atoms with E-state index < -0.39 is 5.97 Å². The van der Waals surface area contributed by atoms with Gasteiger partial charge in [-0.15, -0.1) is 0 Å². The lowest BCUT2D eigenvalue weighted by atomic mass is 9.93. The van der Waals surface area contributed by atoms with Crippen LogP contribution in [0.2, 0.25) is 0 Å². The third-order valence-corrected chi connectivity index (χ3v) is 2.66. The molecule has 1 fully saturated rings. The molecular formula is C10H18N2O4. The van der Waals surface area contributed by atoms with Gasteiger partial charge in [0.15, 0.2) is 0 Å². The summed E-state index contributed by atoms with van der Waals surface area (Å²) < 4.78 is 0. The van der Waals surface area contributed by atoms with Crippen LogP contribution in [0, 0.1) is 0 Å². The highest BCUT2D eigenvalue weighted by molar-refractivity contribution is 5.75. The normalized spacial score (nSPS) is 24.8. The smallest absolute Gasteiger partial charge is 0.315 e. The van der Waals surface area contributed by atoms with Gasteiger partial charge < -0.3 is 20.8 Å². The first-order valence-electron chi connectivity index (χ1n) is 5.52. The minimum absolute atomic E-state index is 0.0726. The molecule has 0 saturated heterocycles. The van der Waals surface area contributed by atoms with Crippen molar-refractivity contribution in [2.75, 3.05) is 6.54 Å². The number of nitrogens with one attached hydrogen (secondary N) is 2. The first kappa shape index (κ1) is 12.8. The van der Waals surface area contributed by atoms with Crippen molar-refractivity contribution < 1.29 is 19.8 Å². The minimum atomic E-state index is -0.930. The van der Waals surface area contributed by atoms with E-state index in [1.165, 1.54) is 0 Å². The number of carbonyl (C=O) groups excluding carboxylic acids is 1. The maximum absolute atomic E-state index is 11.3. The summed E-state index contributed by atoms with van der Waals surface area (Å²) in [5.41, 5.74) is 0. The summed E-state index contributed by atoms with van der Waals surface area (Å²) in [6, 6.07) is -0.240. The number of rotatable bonds is 4.